The molecule has 2 aromatic heterocycles. The second kappa shape index (κ2) is 18.4. The van der Waals surface area contributed by atoms with Crippen molar-refractivity contribution < 1.29 is 26.3 Å². The Morgan fingerprint density at radius 3 is 1.35 bits per heavy atom. The van der Waals surface area contributed by atoms with Crippen molar-refractivity contribution in [3.63, 3.8) is 0 Å². The molecule has 0 saturated carbocycles. The molecule has 0 atom stereocenters. The van der Waals surface area contributed by atoms with Crippen molar-refractivity contribution >= 4 is 136 Å². The second-order valence-corrected chi connectivity index (χ2v) is 17.7. The molecule has 0 aliphatic rings. The van der Waals surface area contributed by atoms with Crippen LogP contribution in [0.2, 0.25) is 45.2 Å². The third kappa shape index (κ3) is 11.7. The minimum Gasteiger partial charge on any atom is -0.454 e. The monoisotopic (exact) mass is 958 g/mol. The van der Waals surface area contributed by atoms with E-state index in [-0.39, 0.29) is 52.0 Å². The van der Waals surface area contributed by atoms with Gasteiger partial charge in [0.15, 0.2) is 5.75 Å². The molecule has 2 heterocycles. The van der Waals surface area contributed by atoms with Gasteiger partial charge in [0.2, 0.25) is 0 Å². The summed E-state index contributed by atoms with van der Waals surface area (Å²) in [5.74, 6) is 1.15. The molecule has 0 amide bonds. The van der Waals surface area contributed by atoms with Crippen molar-refractivity contribution in [3.05, 3.63) is 149 Å². The van der Waals surface area contributed by atoms with E-state index in [0.29, 0.717) is 37.3 Å². The summed E-state index contributed by atoms with van der Waals surface area (Å²) < 4.78 is 66.2. The van der Waals surface area contributed by atoms with Crippen LogP contribution in [0.4, 0.5) is 11.4 Å². The Labute approximate surface area is 360 Å². The van der Waals surface area contributed by atoms with Gasteiger partial charge in [0.25, 0.3) is 20.0 Å². The van der Waals surface area contributed by atoms with Crippen LogP contribution in [0, 0.1) is 0 Å². The van der Waals surface area contributed by atoms with E-state index in [2.05, 4.69) is 19.4 Å². The van der Waals surface area contributed by atoms with Crippen LogP contribution in [0.25, 0.3) is 0 Å². The summed E-state index contributed by atoms with van der Waals surface area (Å²) in [6.45, 7) is 0. The first-order valence-electron chi connectivity index (χ1n) is 14.7. The van der Waals surface area contributed by atoms with Crippen LogP contribution in [-0.4, -0.2) is 26.8 Å². The highest BCUT2D eigenvalue weighted by Crippen LogP contribution is 2.40. The summed E-state index contributed by atoms with van der Waals surface area (Å²) in [5, 5.41) is 1.75. The molecule has 0 spiro atoms. The fraction of sp³-hybridized carbons (Fsp3) is 0. The maximum Gasteiger partial charge on any atom is 0.263 e. The maximum atomic E-state index is 12.6. The molecule has 6 aromatic rings. The van der Waals surface area contributed by atoms with Gasteiger partial charge in [-0.1, -0.05) is 104 Å². The van der Waals surface area contributed by atoms with Crippen molar-refractivity contribution in [3.8, 4) is 23.0 Å². The zero-order valence-electron chi connectivity index (χ0n) is 26.9. The first-order chi connectivity index (χ1) is 25.9. The lowest BCUT2D eigenvalue weighted by Crippen LogP contribution is -2.13. The molecule has 55 heavy (non-hydrogen) atoms. The lowest BCUT2D eigenvalue weighted by molar-refractivity contribution is 0.480. The SMILES string of the molecule is O=S(=O)(Nc1cc(Cl)c(Oc2cncc(Cl)c2)c(Cl)c1)c1ccc(Cl)cc1Cl.O=S(=O)(Nc1ccc(Oc2cncc(Cl)c2)c(Cl)c1)c1ccc(Cl)cc1Cl. The number of ether oxygens (including phenoxy) is 2. The molecule has 4 aromatic carbocycles. The summed E-state index contributed by atoms with van der Waals surface area (Å²) >= 11 is 53.9. The van der Waals surface area contributed by atoms with E-state index in [0.717, 1.165) is 0 Å². The summed E-state index contributed by atoms with van der Waals surface area (Å²) in [7, 11) is -7.92. The second-order valence-electron chi connectivity index (χ2n) is 10.7. The molecule has 21 heteroatoms. The Bertz CT molecular complexity index is 2600. The van der Waals surface area contributed by atoms with Crippen molar-refractivity contribution in [2.24, 2.45) is 0 Å². The van der Waals surface area contributed by atoms with Gasteiger partial charge in [0, 0.05) is 34.6 Å². The molecule has 6 rings (SSSR count). The van der Waals surface area contributed by atoms with Crippen molar-refractivity contribution in [2.45, 2.75) is 9.79 Å². The van der Waals surface area contributed by atoms with Crippen LogP contribution >= 0.6 is 104 Å². The summed E-state index contributed by atoms with van der Waals surface area (Å²) in [4.78, 5) is 7.56. The predicted molar refractivity (Wildman–Crippen MR) is 221 cm³/mol. The number of rotatable bonds is 10. The highest BCUT2D eigenvalue weighted by molar-refractivity contribution is 7.93. The van der Waals surface area contributed by atoms with Gasteiger partial charge in [-0.2, -0.15) is 0 Å². The van der Waals surface area contributed by atoms with Gasteiger partial charge in [-0.15, -0.1) is 0 Å². The average molecular weight is 963 g/mol. The van der Waals surface area contributed by atoms with Crippen molar-refractivity contribution in [1.82, 2.24) is 9.97 Å². The van der Waals surface area contributed by atoms with Gasteiger partial charge in [-0.25, -0.2) is 16.8 Å². The molecule has 10 nitrogen and oxygen atoms in total. The number of benzene rings is 4. The molecule has 0 bridgehead atoms. The van der Waals surface area contributed by atoms with Gasteiger partial charge >= 0.3 is 0 Å². The zero-order valence-corrected chi connectivity index (χ0v) is 35.3. The number of halogens is 9. The minimum atomic E-state index is -4.00. The molecule has 0 unspecified atom stereocenters. The Kier molecular flexibility index (Phi) is 14.4. The zero-order chi connectivity index (χ0) is 40.1. The van der Waals surface area contributed by atoms with E-state index >= 15 is 0 Å². The van der Waals surface area contributed by atoms with E-state index in [1.165, 1.54) is 97.6 Å². The molecule has 0 saturated heterocycles. The Morgan fingerprint density at radius 1 is 0.436 bits per heavy atom. The summed E-state index contributed by atoms with van der Waals surface area (Å²) in [5.41, 5.74) is 0.361. The number of aromatic nitrogens is 2. The Hall–Kier alpha value is -3.11. The maximum absolute atomic E-state index is 12.6. The van der Waals surface area contributed by atoms with E-state index < -0.39 is 20.0 Å². The van der Waals surface area contributed by atoms with Gasteiger partial charge in [-0.3, -0.25) is 19.4 Å². The number of nitrogens with zero attached hydrogens (tertiary/aromatic N) is 2. The fourth-order valence-corrected chi connectivity index (χ4v) is 9.06. The molecule has 2 N–H and O–H groups in total. The van der Waals surface area contributed by atoms with Crippen LogP contribution in [-0.2, 0) is 20.0 Å². The average Bonchev–Trinajstić information content (AvgIpc) is 3.07. The molecular weight excluding hydrogens is 944 g/mol. The lowest BCUT2D eigenvalue weighted by atomic mass is 10.3. The number of nitrogens with one attached hydrogen (secondary N) is 2. The molecular formula is C34H19Cl9N4O6S2. The highest BCUT2D eigenvalue weighted by Gasteiger charge is 2.21. The van der Waals surface area contributed by atoms with Crippen LogP contribution < -0.4 is 18.9 Å². The molecule has 0 aliphatic heterocycles. The van der Waals surface area contributed by atoms with E-state index in [9.17, 15) is 16.8 Å². The molecule has 0 radical (unpaired) electrons. The lowest BCUT2D eigenvalue weighted by Gasteiger charge is -2.13. The van der Waals surface area contributed by atoms with Crippen LogP contribution in [0.5, 0.6) is 23.0 Å². The smallest absolute Gasteiger partial charge is 0.263 e. The number of hydrogen-bond acceptors (Lipinski definition) is 8. The topological polar surface area (TPSA) is 137 Å². The molecule has 286 valence electrons. The number of anilines is 2. The third-order valence-corrected chi connectivity index (χ3v) is 12.1. The molecule has 0 aliphatic carbocycles. The van der Waals surface area contributed by atoms with Gasteiger partial charge in [-0.05, 0) is 66.7 Å². The molecule has 0 fully saturated rings. The fourth-order valence-electron chi connectivity index (χ4n) is 4.31. The van der Waals surface area contributed by atoms with Crippen LogP contribution in [0.3, 0.4) is 0 Å². The van der Waals surface area contributed by atoms with Crippen molar-refractivity contribution in [2.75, 3.05) is 9.44 Å². The van der Waals surface area contributed by atoms with Crippen LogP contribution in [0.1, 0.15) is 0 Å². The summed E-state index contributed by atoms with van der Waals surface area (Å²) in [6.07, 6.45) is 5.81. The predicted octanol–water partition coefficient (Wildman–Crippen LogP) is 13.2. The first kappa shape index (κ1) is 43.0. The van der Waals surface area contributed by atoms with Gasteiger partial charge in [0.1, 0.15) is 27.0 Å². The van der Waals surface area contributed by atoms with Gasteiger partial charge < -0.3 is 9.47 Å². The standard InChI is InChI=1S/C17H9Cl5N2O3S.C17H10Cl4N2O3S/c18-9-1-2-16(13(20)4-9)28(25,26)24-11-5-14(21)17(15(22)6-11)27-12-3-10(19)7-23-8-12;18-10-1-4-17(15(21)6-10)27(24,25)23-12-2-3-16(14(20)7-12)26-13-5-11(19)8-22-9-13/h1-8,24H;1-9,23H. The highest BCUT2D eigenvalue weighted by atomic mass is 35.5. The van der Waals surface area contributed by atoms with E-state index in [1.807, 2.05) is 0 Å². The number of sulfonamides is 2. The number of hydrogen-bond donors (Lipinski definition) is 2. The Morgan fingerprint density at radius 2 is 0.891 bits per heavy atom. The summed E-state index contributed by atoms with van der Waals surface area (Å²) in [6, 6.07) is 18.4. The first-order valence-corrected chi connectivity index (χ1v) is 21.1. The third-order valence-electron chi connectivity index (χ3n) is 6.61. The Balaban J connectivity index is 0.000000211. The van der Waals surface area contributed by atoms with E-state index in [4.69, 9.17) is 114 Å². The van der Waals surface area contributed by atoms with E-state index in [1.54, 1.807) is 6.07 Å². The van der Waals surface area contributed by atoms with Gasteiger partial charge in [0.05, 0.1) is 58.9 Å². The number of pyridine rings is 2. The van der Waals surface area contributed by atoms with Crippen LogP contribution in [0.15, 0.2) is 113 Å². The largest absolute Gasteiger partial charge is 0.454 e. The minimum absolute atomic E-state index is 0.00880. The quantitative estimate of drug-likeness (QED) is 0.138. The normalized spacial score (nSPS) is 11.3. The van der Waals surface area contributed by atoms with Crippen molar-refractivity contribution in [1.29, 1.82) is 0 Å².